The van der Waals surface area contributed by atoms with Gasteiger partial charge in [-0.25, -0.2) is 0 Å². The summed E-state index contributed by atoms with van der Waals surface area (Å²) in [6, 6.07) is 6.02. The molecule has 0 bridgehead atoms. The average Bonchev–Trinajstić information content (AvgIpc) is 2.49. The van der Waals surface area contributed by atoms with Crippen molar-refractivity contribution in [2.24, 2.45) is 0 Å². The lowest BCUT2D eigenvalue weighted by atomic mass is 10.1. The molecule has 0 radical (unpaired) electrons. The van der Waals surface area contributed by atoms with Crippen LogP contribution < -0.4 is 5.32 Å². The Morgan fingerprint density at radius 3 is 3.15 bits per heavy atom. The first-order chi connectivity index (χ1) is 6.31. The molecular formula is C10H10ClNO. The lowest BCUT2D eigenvalue weighted by Crippen LogP contribution is -2.15. The van der Waals surface area contributed by atoms with Gasteiger partial charge >= 0.3 is 0 Å². The van der Waals surface area contributed by atoms with Crippen molar-refractivity contribution in [3.05, 3.63) is 28.8 Å². The van der Waals surface area contributed by atoms with Gasteiger partial charge in [0.2, 0.25) is 0 Å². The van der Waals surface area contributed by atoms with E-state index in [1.165, 1.54) is 0 Å². The molecule has 1 aromatic rings. The maximum atomic E-state index is 10.3. The Morgan fingerprint density at radius 1 is 1.62 bits per heavy atom. The number of aldehydes is 1. The van der Waals surface area contributed by atoms with Gasteiger partial charge in [-0.05, 0) is 24.1 Å². The summed E-state index contributed by atoms with van der Waals surface area (Å²) in [5, 5.41) is 4.05. The molecule has 2 rings (SSSR count). The van der Waals surface area contributed by atoms with Crippen molar-refractivity contribution in [3.8, 4) is 0 Å². The van der Waals surface area contributed by atoms with Crippen LogP contribution in [0.2, 0.25) is 5.02 Å². The monoisotopic (exact) mass is 195 g/mol. The van der Waals surface area contributed by atoms with Crippen LogP contribution in [0.4, 0.5) is 5.69 Å². The Kier molecular flexibility index (Phi) is 2.23. The van der Waals surface area contributed by atoms with Gasteiger partial charge in [-0.3, -0.25) is 0 Å². The number of hydrogen-bond acceptors (Lipinski definition) is 2. The molecular weight excluding hydrogens is 186 g/mol. The van der Waals surface area contributed by atoms with Crippen molar-refractivity contribution in [2.75, 3.05) is 5.32 Å². The molecule has 1 aliphatic rings. The standard InChI is InChI=1S/C10H10ClNO/c11-9-2-1-3-10-8(9)6-7(12-10)4-5-13/h1-3,5,7,12H,4,6H2. The second kappa shape index (κ2) is 3.38. The normalized spacial score (nSPS) is 19.3. The lowest BCUT2D eigenvalue weighted by molar-refractivity contribution is -0.108. The molecule has 0 saturated heterocycles. The molecule has 1 aromatic carbocycles. The van der Waals surface area contributed by atoms with Crippen LogP contribution in [0.25, 0.3) is 0 Å². The van der Waals surface area contributed by atoms with Gasteiger partial charge < -0.3 is 10.1 Å². The highest BCUT2D eigenvalue weighted by atomic mass is 35.5. The summed E-state index contributed by atoms with van der Waals surface area (Å²) >= 11 is 6.01. The summed E-state index contributed by atoms with van der Waals surface area (Å²) in [5.74, 6) is 0. The zero-order chi connectivity index (χ0) is 9.26. The number of hydrogen-bond donors (Lipinski definition) is 1. The van der Waals surface area contributed by atoms with Crippen LogP contribution in [0, 0.1) is 0 Å². The van der Waals surface area contributed by atoms with Crippen LogP contribution in [0.5, 0.6) is 0 Å². The number of nitrogens with one attached hydrogen (secondary N) is 1. The highest BCUT2D eigenvalue weighted by Gasteiger charge is 2.21. The predicted octanol–water partition coefficient (Wildman–Crippen LogP) is 2.27. The van der Waals surface area contributed by atoms with E-state index in [2.05, 4.69) is 5.32 Å². The van der Waals surface area contributed by atoms with Crippen LogP contribution in [-0.2, 0) is 11.2 Å². The van der Waals surface area contributed by atoms with E-state index in [0.717, 1.165) is 29.0 Å². The zero-order valence-corrected chi connectivity index (χ0v) is 7.84. The van der Waals surface area contributed by atoms with E-state index in [1.807, 2.05) is 18.2 Å². The number of halogens is 1. The Morgan fingerprint density at radius 2 is 2.46 bits per heavy atom. The van der Waals surface area contributed by atoms with Gasteiger partial charge in [0.25, 0.3) is 0 Å². The van der Waals surface area contributed by atoms with Gasteiger partial charge in [0.05, 0.1) is 0 Å². The topological polar surface area (TPSA) is 29.1 Å². The van der Waals surface area contributed by atoms with Crippen LogP contribution in [-0.4, -0.2) is 12.3 Å². The number of benzene rings is 1. The first kappa shape index (κ1) is 8.57. The molecule has 0 saturated carbocycles. The molecule has 0 aromatic heterocycles. The Hall–Kier alpha value is -1.02. The van der Waals surface area contributed by atoms with Gasteiger partial charge in [0.15, 0.2) is 0 Å². The second-order valence-corrected chi connectivity index (χ2v) is 3.62. The molecule has 3 heteroatoms. The van der Waals surface area contributed by atoms with Crippen LogP contribution in [0.15, 0.2) is 18.2 Å². The minimum absolute atomic E-state index is 0.229. The molecule has 0 aliphatic carbocycles. The zero-order valence-electron chi connectivity index (χ0n) is 7.09. The smallest absolute Gasteiger partial charge is 0.122 e. The van der Waals surface area contributed by atoms with Crippen molar-refractivity contribution in [1.82, 2.24) is 0 Å². The first-order valence-corrected chi connectivity index (χ1v) is 4.66. The number of anilines is 1. The summed E-state index contributed by atoms with van der Waals surface area (Å²) in [6.45, 7) is 0. The van der Waals surface area contributed by atoms with Crippen LogP contribution >= 0.6 is 11.6 Å². The fourth-order valence-electron chi connectivity index (χ4n) is 1.68. The van der Waals surface area contributed by atoms with Crippen molar-refractivity contribution in [1.29, 1.82) is 0 Å². The predicted molar refractivity (Wildman–Crippen MR) is 53.2 cm³/mol. The minimum Gasteiger partial charge on any atom is -0.381 e. The van der Waals surface area contributed by atoms with Gasteiger partial charge in [0.1, 0.15) is 6.29 Å². The van der Waals surface area contributed by atoms with Crippen molar-refractivity contribution in [3.63, 3.8) is 0 Å². The lowest BCUT2D eigenvalue weighted by Gasteiger charge is -2.04. The van der Waals surface area contributed by atoms with Crippen LogP contribution in [0.3, 0.4) is 0 Å². The van der Waals surface area contributed by atoms with E-state index >= 15 is 0 Å². The van der Waals surface area contributed by atoms with Crippen molar-refractivity contribution < 1.29 is 4.79 Å². The van der Waals surface area contributed by atoms with E-state index < -0.39 is 0 Å². The van der Waals surface area contributed by atoms with E-state index in [1.54, 1.807) is 0 Å². The van der Waals surface area contributed by atoms with Gasteiger partial charge in [-0.2, -0.15) is 0 Å². The molecule has 1 N–H and O–H groups in total. The summed E-state index contributed by atoms with van der Waals surface area (Å²) in [7, 11) is 0. The van der Waals surface area contributed by atoms with Crippen molar-refractivity contribution >= 4 is 23.6 Å². The van der Waals surface area contributed by atoms with E-state index in [-0.39, 0.29) is 6.04 Å². The molecule has 13 heavy (non-hydrogen) atoms. The summed E-state index contributed by atoms with van der Waals surface area (Å²) in [5.41, 5.74) is 2.20. The van der Waals surface area contributed by atoms with Gasteiger partial charge in [-0.15, -0.1) is 0 Å². The molecule has 1 aliphatic heterocycles. The largest absolute Gasteiger partial charge is 0.381 e. The molecule has 1 heterocycles. The van der Waals surface area contributed by atoms with E-state index in [4.69, 9.17) is 11.6 Å². The van der Waals surface area contributed by atoms with E-state index in [9.17, 15) is 4.79 Å². The molecule has 1 atom stereocenters. The Bertz CT molecular complexity index is 338. The molecule has 0 spiro atoms. The highest BCUT2D eigenvalue weighted by Crippen LogP contribution is 2.32. The Balaban J connectivity index is 2.24. The fourth-order valence-corrected chi connectivity index (χ4v) is 1.93. The second-order valence-electron chi connectivity index (χ2n) is 3.21. The quantitative estimate of drug-likeness (QED) is 0.734. The van der Waals surface area contributed by atoms with Crippen LogP contribution in [0.1, 0.15) is 12.0 Å². The number of carbonyl (C=O) groups is 1. The SMILES string of the molecule is O=CCC1Cc2c(Cl)cccc2N1. The number of carbonyl (C=O) groups excluding carboxylic acids is 1. The highest BCUT2D eigenvalue weighted by molar-refractivity contribution is 6.31. The molecule has 2 nitrogen and oxygen atoms in total. The maximum absolute atomic E-state index is 10.3. The third-order valence-corrected chi connectivity index (χ3v) is 2.66. The molecule has 68 valence electrons. The molecule has 0 amide bonds. The third kappa shape index (κ3) is 1.54. The van der Waals surface area contributed by atoms with Crippen molar-refractivity contribution in [2.45, 2.75) is 18.9 Å². The summed E-state index contributed by atoms with van der Waals surface area (Å²) in [6.07, 6.45) is 2.34. The van der Waals surface area contributed by atoms with E-state index in [0.29, 0.717) is 6.42 Å². The summed E-state index contributed by atoms with van der Waals surface area (Å²) < 4.78 is 0. The first-order valence-electron chi connectivity index (χ1n) is 4.29. The van der Waals surface area contributed by atoms with Gasteiger partial charge in [0, 0.05) is 23.2 Å². The number of rotatable bonds is 2. The molecule has 0 fully saturated rings. The average molecular weight is 196 g/mol. The summed E-state index contributed by atoms with van der Waals surface area (Å²) in [4.78, 5) is 10.3. The maximum Gasteiger partial charge on any atom is 0.122 e. The third-order valence-electron chi connectivity index (χ3n) is 2.31. The fraction of sp³-hybridized carbons (Fsp3) is 0.300. The van der Waals surface area contributed by atoms with Gasteiger partial charge in [-0.1, -0.05) is 17.7 Å². The number of fused-ring (bicyclic) bond motifs is 1. The Labute approximate surface area is 81.9 Å². The minimum atomic E-state index is 0.229. The molecule has 1 unspecified atom stereocenters.